The molecule has 2 fully saturated rings. The quantitative estimate of drug-likeness (QED) is 0.793. The molecule has 124 valence electrons. The lowest BCUT2D eigenvalue weighted by Crippen LogP contribution is -2.32. The molecule has 1 atom stereocenters. The Labute approximate surface area is 134 Å². The van der Waals surface area contributed by atoms with E-state index in [0.717, 1.165) is 12.8 Å². The molecule has 1 amide bonds. The Balaban J connectivity index is 1.60. The minimum absolute atomic E-state index is 0.0174. The molecule has 2 N–H and O–H groups in total. The number of hydrogen-bond donors (Lipinski definition) is 2. The van der Waals surface area contributed by atoms with Crippen LogP contribution in [0.5, 0.6) is 0 Å². The van der Waals surface area contributed by atoms with Gasteiger partial charge in [0, 0.05) is 25.6 Å². The maximum absolute atomic E-state index is 12.2. The standard InChI is InChI=1S/C15H18N2O5S/c18-14-7-10(9-17(14)12-3-4-12)8-16-23(21,22)13-5-1-11(2-6-13)15(19)20/h1-2,5-6,10,12,16H,3-4,7-9H2,(H,19,20). The highest BCUT2D eigenvalue weighted by molar-refractivity contribution is 7.89. The fourth-order valence-electron chi connectivity index (χ4n) is 2.77. The number of carbonyl (C=O) groups is 2. The second kappa shape index (κ2) is 5.93. The highest BCUT2D eigenvalue weighted by Crippen LogP contribution is 2.32. The summed E-state index contributed by atoms with van der Waals surface area (Å²) in [5, 5.41) is 8.82. The van der Waals surface area contributed by atoms with Crippen molar-refractivity contribution >= 4 is 21.9 Å². The zero-order valence-electron chi connectivity index (χ0n) is 12.4. The number of hydrogen-bond acceptors (Lipinski definition) is 4. The first-order chi connectivity index (χ1) is 10.9. The molecule has 0 aromatic heterocycles. The monoisotopic (exact) mass is 338 g/mol. The van der Waals surface area contributed by atoms with E-state index in [-0.39, 0.29) is 28.8 Å². The van der Waals surface area contributed by atoms with Crippen molar-refractivity contribution in [1.29, 1.82) is 0 Å². The van der Waals surface area contributed by atoms with Gasteiger partial charge in [-0.1, -0.05) is 0 Å². The summed E-state index contributed by atoms with van der Waals surface area (Å²) < 4.78 is 27.0. The van der Waals surface area contributed by atoms with Crippen LogP contribution in [0.15, 0.2) is 29.2 Å². The van der Waals surface area contributed by atoms with E-state index in [1.165, 1.54) is 24.3 Å². The Morgan fingerprint density at radius 1 is 1.26 bits per heavy atom. The minimum atomic E-state index is -3.70. The van der Waals surface area contributed by atoms with E-state index >= 15 is 0 Å². The number of carboxylic acid groups (broad SMARTS) is 1. The van der Waals surface area contributed by atoms with Crippen LogP contribution < -0.4 is 4.72 Å². The summed E-state index contributed by atoms with van der Waals surface area (Å²) in [5.74, 6) is -1.02. The summed E-state index contributed by atoms with van der Waals surface area (Å²) in [4.78, 5) is 24.5. The number of aromatic carboxylic acids is 1. The minimum Gasteiger partial charge on any atom is -0.478 e. The first-order valence-corrected chi connectivity index (χ1v) is 8.97. The average Bonchev–Trinajstić information content (AvgIpc) is 3.29. The number of sulfonamides is 1. The molecule has 1 aliphatic heterocycles. The molecule has 7 nitrogen and oxygen atoms in total. The Morgan fingerprint density at radius 3 is 2.48 bits per heavy atom. The molecule has 23 heavy (non-hydrogen) atoms. The van der Waals surface area contributed by atoms with Crippen LogP contribution in [0.25, 0.3) is 0 Å². The van der Waals surface area contributed by atoms with Gasteiger partial charge in [-0.05, 0) is 43.0 Å². The van der Waals surface area contributed by atoms with Gasteiger partial charge in [0.15, 0.2) is 0 Å². The molecule has 8 heteroatoms. The number of carbonyl (C=O) groups excluding carboxylic acids is 1. The maximum atomic E-state index is 12.2. The number of nitrogens with zero attached hydrogens (tertiary/aromatic N) is 1. The number of rotatable bonds is 6. The van der Waals surface area contributed by atoms with Crippen molar-refractivity contribution in [3.8, 4) is 0 Å². The van der Waals surface area contributed by atoms with Gasteiger partial charge in [0.05, 0.1) is 10.5 Å². The second-order valence-corrected chi connectivity index (χ2v) is 7.80. The molecular weight excluding hydrogens is 320 g/mol. The molecule has 1 heterocycles. The molecule has 1 saturated carbocycles. The molecular formula is C15H18N2O5S. The van der Waals surface area contributed by atoms with E-state index in [9.17, 15) is 18.0 Å². The van der Waals surface area contributed by atoms with Gasteiger partial charge in [0.25, 0.3) is 0 Å². The largest absolute Gasteiger partial charge is 0.478 e. The third-order valence-corrected chi connectivity index (χ3v) is 5.64. The SMILES string of the molecule is O=C(O)c1ccc(S(=O)(=O)NCC2CC(=O)N(C3CC3)C2)cc1. The summed E-state index contributed by atoms with van der Waals surface area (Å²) in [6, 6.07) is 5.40. The molecule has 3 rings (SSSR count). The van der Waals surface area contributed by atoms with Crippen molar-refractivity contribution in [2.75, 3.05) is 13.1 Å². The molecule has 1 unspecified atom stereocenters. The highest BCUT2D eigenvalue weighted by Gasteiger charge is 2.39. The van der Waals surface area contributed by atoms with Crippen molar-refractivity contribution < 1.29 is 23.1 Å². The Hall–Kier alpha value is -1.93. The Morgan fingerprint density at radius 2 is 1.91 bits per heavy atom. The third-order valence-electron chi connectivity index (χ3n) is 4.20. The van der Waals surface area contributed by atoms with E-state index in [1.54, 1.807) is 0 Å². The van der Waals surface area contributed by atoms with Gasteiger partial charge in [-0.25, -0.2) is 17.9 Å². The zero-order chi connectivity index (χ0) is 16.6. The van der Waals surface area contributed by atoms with Crippen LogP contribution in [0.2, 0.25) is 0 Å². The van der Waals surface area contributed by atoms with Crippen molar-refractivity contribution in [2.24, 2.45) is 5.92 Å². The Bertz CT molecular complexity index is 725. The molecule has 2 aliphatic rings. The normalized spacial score (nSPS) is 21.7. The van der Waals surface area contributed by atoms with Crippen molar-refractivity contribution in [1.82, 2.24) is 9.62 Å². The van der Waals surface area contributed by atoms with E-state index in [0.29, 0.717) is 19.0 Å². The molecule has 1 saturated heterocycles. The molecule has 0 bridgehead atoms. The lowest BCUT2D eigenvalue weighted by atomic mass is 10.1. The molecule has 0 radical (unpaired) electrons. The van der Waals surface area contributed by atoms with E-state index in [1.807, 2.05) is 4.90 Å². The summed E-state index contributed by atoms with van der Waals surface area (Å²) >= 11 is 0. The number of benzene rings is 1. The first-order valence-electron chi connectivity index (χ1n) is 7.49. The Kier molecular flexibility index (Phi) is 4.11. The van der Waals surface area contributed by atoms with E-state index in [4.69, 9.17) is 5.11 Å². The zero-order valence-corrected chi connectivity index (χ0v) is 13.3. The van der Waals surface area contributed by atoms with Crippen molar-refractivity contribution in [3.63, 3.8) is 0 Å². The first kappa shape index (κ1) is 15.9. The lowest BCUT2D eigenvalue weighted by Gasteiger charge is -2.15. The third kappa shape index (κ3) is 3.53. The average molecular weight is 338 g/mol. The number of amides is 1. The van der Waals surface area contributed by atoms with Crippen LogP contribution in [0.1, 0.15) is 29.6 Å². The van der Waals surface area contributed by atoms with Crippen molar-refractivity contribution in [3.05, 3.63) is 29.8 Å². The van der Waals surface area contributed by atoms with Crippen LogP contribution in [0, 0.1) is 5.92 Å². The van der Waals surface area contributed by atoms with Crippen LogP contribution in [-0.2, 0) is 14.8 Å². The van der Waals surface area contributed by atoms with Gasteiger partial charge in [0.1, 0.15) is 0 Å². The second-order valence-electron chi connectivity index (χ2n) is 6.03. The van der Waals surface area contributed by atoms with Gasteiger partial charge in [-0.15, -0.1) is 0 Å². The summed E-state index contributed by atoms with van der Waals surface area (Å²) in [7, 11) is -3.70. The predicted octanol–water partition coefficient (Wildman–Crippen LogP) is 0.674. The molecule has 1 aliphatic carbocycles. The van der Waals surface area contributed by atoms with Gasteiger partial charge >= 0.3 is 5.97 Å². The van der Waals surface area contributed by atoms with E-state index < -0.39 is 16.0 Å². The molecule has 1 aromatic rings. The van der Waals surface area contributed by atoms with E-state index in [2.05, 4.69) is 4.72 Å². The summed E-state index contributed by atoms with van der Waals surface area (Å²) in [5.41, 5.74) is 0.0328. The smallest absolute Gasteiger partial charge is 0.335 e. The van der Waals surface area contributed by atoms with Crippen LogP contribution >= 0.6 is 0 Å². The molecule has 1 aromatic carbocycles. The van der Waals surface area contributed by atoms with Crippen molar-refractivity contribution in [2.45, 2.75) is 30.2 Å². The fourth-order valence-corrected chi connectivity index (χ4v) is 3.89. The maximum Gasteiger partial charge on any atom is 0.335 e. The number of nitrogens with one attached hydrogen (secondary N) is 1. The van der Waals surface area contributed by atoms with Gasteiger partial charge in [-0.3, -0.25) is 4.79 Å². The summed E-state index contributed by atoms with van der Waals surface area (Å²) in [6.45, 7) is 0.807. The summed E-state index contributed by atoms with van der Waals surface area (Å²) in [6.07, 6.45) is 2.46. The fraction of sp³-hybridized carbons (Fsp3) is 0.467. The van der Waals surface area contributed by atoms with Gasteiger partial charge < -0.3 is 10.0 Å². The van der Waals surface area contributed by atoms with Crippen LogP contribution in [0.3, 0.4) is 0 Å². The number of likely N-dealkylation sites (tertiary alicyclic amines) is 1. The van der Waals surface area contributed by atoms with Gasteiger partial charge in [0.2, 0.25) is 15.9 Å². The topological polar surface area (TPSA) is 104 Å². The van der Waals surface area contributed by atoms with Crippen LogP contribution in [0.4, 0.5) is 0 Å². The van der Waals surface area contributed by atoms with Gasteiger partial charge in [-0.2, -0.15) is 0 Å². The highest BCUT2D eigenvalue weighted by atomic mass is 32.2. The molecule has 0 spiro atoms. The van der Waals surface area contributed by atoms with Crippen LogP contribution in [-0.4, -0.2) is 49.4 Å². The predicted molar refractivity (Wildman–Crippen MR) is 81.4 cm³/mol. The lowest BCUT2D eigenvalue weighted by molar-refractivity contribution is -0.128. The number of carboxylic acids is 1.